The van der Waals surface area contributed by atoms with Gasteiger partial charge in [-0.1, -0.05) is 19.9 Å². The van der Waals surface area contributed by atoms with Gasteiger partial charge < -0.3 is 10.1 Å². The molecule has 0 saturated carbocycles. The second-order valence-electron chi connectivity index (χ2n) is 6.15. The van der Waals surface area contributed by atoms with Crippen LogP contribution in [0.1, 0.15) is 47.9 Å². The number of ketones is 1. The third-order valence-corrected chi connectivity index (χ3v) is 3.61. The number of anilines is 1. The van der Waals surface area contributed by atoms with Crippen molar-refractivity contribution in [1.82, 2.24) is 0 Å². The lowest BCUT2D eigenvalue weighted by Crippen LogP contribution is -2.12. The highest BCUT2D eigenvalue weighted by molar-refractivity contribution is 6.04. The van der Waals surface area contributed by atoms with E-state index in [1.807, 2.05) is 6.07 Å². The van der Waals surface area contributed by atoms with E-state index in [9.17, 15) is 9.59 Å². The van der Waals surface area contributed by atoms with Crippen LogP contribution in [0.4, 0.5) is 5.69 Å². The van der Waals surface area contributed by atoms with Crippen LogP contribution in [0, 0.1) is 5.92 Å². The van der Waals surface area contributed by atoms with E-state index in [-0.39, 0.29) is 11.7 Å². The van der Waals surface area contributed by atoms with Gasteiger partial charge in [0.1, 0.15) is 5.75 Å². The second-order valence-corrected chi connectivity index (χ2v) is 6.15. The fourth-order valence-corrected chi connectivity index (χ4v) is 2.13. The first-order chi connectivity index (χ1) is 11.5. The first-order valence-electron chi connectivity index (χ1n) is 8.11. The monoisotopic (exact) mass is 325 g/mol. The van der Waals surface area contributed by atoms with Crippen molar-refractivity contribution in [2.24, 2.45) is 5.92 Å². The van der Waals surface area contributed by atoms with Gasteiger partial charge in [-0.15, -0.1) is 0 Å². The molecule has 0 aromatic heterocycles. The zero-order valence-electron chi connectivity index (χ0n) is 14.3. The van der Waals surface area contributed by atoms with Gasteiger partial charge in [0.15, 0.2) is 5.78 Å². The molecule has 1 N–H and O–H groups in total. The molecule has 0 aliphatic rings. The number of rotatable bonds is 7. The third-order valence-electron chi connectivity index (χ3n) is 3.61. The van der Waals surface area contributed by atoms with Crippen molar-refractivity contribution in [1.29, 1.82) is 0 Å². The minimum Gasteiger partial charge on any atom is -0.494 e. The van der Waals surface area contributed by atoms with Gasteiger partial charge in [0.2, 0.25) is 0 Å². The summed E-state index contributed by atoms with van der Waals surface area (Å²) in [6, 6.07) is 14.0. The molecule has 4 nitrogen and oxygen atoms in total. The van der Waals surface area contributed by atoms with Crippen LogP contribution in [0.3, 0.4) is 0 Å². The number of carbonyl (C=O) groups excluding carboxylic acids is 2. The summed E-state index contributed by atoms with van der Waals surface area (Å²) in [6.45, 7) is 6.43. The molecule has 0 atom stereocenters. The summed E-state index contributed by atoms with van der Waals surface area (Å²) >= 11 is 0. The quantitative estimate of drug-likeness (QED) is 0.759. The molecule has 0 spiro atoms. The molecule has 4 heteroatoms. The predicted octanol–water partition coefficient (Wildman–Crippen LogP) is 4.57. The lowest BCUT2D eigenvalue weighted by Gasteiger charge is -2.10. The van der Waals surface area contributed by atoms with Gasteiger partial charge in [0.05, 0.1) is 6.61 Å². The average Bonchev–Trinajstić information content (AvgIpc) is 2.55. The van der Waals surface area contributed by atoms with Crippen molar-refractivity contribution < 1.29 is 14.3 Å². The average molecular weight is 325 g/mol. The Labute approximate surface area is 142 Å². The van der Waals surface area contributed by atoms with Crippen molar-refractivity contribution >= 4 is 17.4 Å². The van der Waals surface area contributed by atoms with Gasteiger partial charge >= 0.3 is 0 Å². The van der Waals surface area contributed by atoms with Crippen LogP contribution in [0.5, 0.6) is 5.75 Å². The maximum Gasteiger partial charge on any atom is 0.255 e. The summed E-state index contributed by atoms with van der Waals surface area (Å²) in [7, 11) is 0. The minimum atomic E-state index is -0.208. The molecule has 0 bridgehead atoms. The molecule has 2 aromatic rings. The van der Waals surface area contributed by atoms with Crippen LogP contribution in [0.2, 0.25) is 0 Å². The number of ether oxygens (including phenoxy) is 1. The molecular weight excluding hydrogens is 302 g/mol. The number of amides is 1. The van der Waals surface area contributed by atoms with Crippen molar-refractivity contribution in [2.45, 2.75) is 27.2 Å². The minimum absolute atomic E-state index is 0.000811. The lowest BCUT2D eigenvalue weighted by atomic mass is 10.1. The van der Waals surface area contributed by atoms with Crippen LogP contribution < -0.4 is 10.1 Å². The number of Topliss-reactive ketones (excluding diaryl/α,β-unsaturated/α-hetero) is 1. The van der Waals surface area contributed by atoms with E-state index in [1.165, 1.54) is 6.92 Å². The van der Waals surface area contributed by atoms with Crippen LogP contribution in [-0.2, 0) is 0 Å². The first-order valence-corrected chi connectivity index (χ1v) is 8.11. The summed E-state index contributed by atoms with van der Waals surface area (Å²) < 4.78 is 5.68. The highest BCUT2D eigenvalue weighted by atomic mass is 16.5. The maximum atomic E-state index is 12.3. The Hall–Kier alpha value is -2.62. The van der Waals surface area contributed by atoms with E-state index in [0.29, 0.717) is 35.1 Å². The molecule has 2 rings (SSSR count). The first kappa shape index (κ1) is 17.7. The van der Waals surface area contributed by atoms with E-state index >= 15 is 0 Å². The van der Waals surface area contributed by atoms with Gasteiger partial charge in [-0.05, 0) is 61.7 Å². The Kier molecular flexibility index (Phi) is 6.13. The fraction of sp³-hybridized carbons (Fsp3) is 0.300. The smallest absolute Gasteiger partial charge is 0.255 e. The van der Waals surface area contributed by atoms with Gasteiger partial charge in [-0.2, -0.15) is 0 Å². The molecule has 1 amide bonds. The Morgan fingerprint density at radius 3 is 2.38 bits per heavy atom. The normalized spacial score (nSPS) is 10.5. The molecular formula is C20H23NO3. The summed E-state index contributed by atoms with van der Waals surface area (Å²) in [5.41, 5.74) is 1.80. The van der Waals surface area contributed by atoms with E-state index in [1.54, 1.807) is 42.5 Å². The largest absolute Gasteiger partial charge is 0.494 e. The number of hydrogen-bond donors (Lipinski definition) is 1. The zero-order valence-corrected chi connectivity index (χ0v) is 14.3. The number of benzene rings is 2. The topological polar surface area (TPSA) is 55.4 Å². The Bertz CT molecular complexity index is 705. The maximum absolute atomic E-state index is 12.3. The van der Waals surface area contributed by atoms with Crippen molar-refractivity contribution in [2.75, 3.05) is 11.9 Å². The van der Waals surface area contributed by atoms with Gasteiger partial charge in [0, 0.05) is 16.8 Å². The molecule has 0 radical (unpaired) electrons. The van der Waals surface area contributed by atoms with Crippen LogP contribution in [0.25, 0.3) is 0 Å². The van der Waals surface area contributed by atoms with Gasteiger partial charge in [-0.3, -0.25) is 9.59 Å². The van der Waals surface area contributed by atoms with E-state index < -0.39 is 0 Å². The molecule has 0 aliphatic carbocycles. The predicted molar refractivity (Wildman–Crippen MR) is 95.8 cm³/mol. The SMILES string of the molecule is CC(=O)c1ccc(NC(=O)c2cccc(OCCC(C)C)c2)cc1. The molecule has 126 valence electrons. The van der Waals surface area contributed by atoms with E-state index in [0.717, 1.165) is 6.42 Å². The molecule has 0 unspecified atom stereocenters. The number of carbonyl (C=O) groups is 2. The van der Waals surface area contributed by atoms with Crippen LogP contribution in [-0.4, -0.2) is 18.3 Å². The molecule has 2 aromatic carbocycles. The Balaban J connectivity index is 2.00. The number of hydrogen-bond acceptors (Lipinski definition) is 3. The Morgan fingerprint density at radius 2 is 1.75 bits per heavy atom. The molecule has 0 heterocycles. The van der Waals surface area contributed by atoms with Gasteiger partial charge in [-0.25, -0.2) is 0 Å². The van der Waals surface area contributed by atoms with E-state index in [2.05, 4.69) is 19.2 Å². The second kappa shape index (κ2) is 8.29. The summed E-state index contributed by atoms with van der Waals surface area (Å²) in [5.74, 6) is 1.06. The Morgan fingerprint density at radius 1 is 1.04 bits per heavy atom. The summed E-state index contributed by atoms with van der Waals surface area (Å²) in [4.78, 5) is 23.6. The van der Waals surface area contributed by atoms with Crippen LogP contribution in [0.15, 0.2) is 48.5 Å². The lowest BCUT2D eigenvalue weighted by molar-refractivity contribution is 0.101. The molecule has 0 saturated heterocycles. The summed E-state index contributed by atoms with van der Waals surface area (Å²) in [6.07, 6.45) is 0.971. The zero-order chi connectivity index (χ0) is 17.5. The highest BCUT2D eigenvalue weighted by Crippen LogP contribution is 2.17. The third kappa shape index (κ3) is 5.23. The molecule has 0 fully saturated rings. The van der Waals surface area contributed by atoms with Crippen molar-refractivity contribution in [3.05, 3.63) is 59.7 Å². The van der Waals surface area contributed by atoms with Crippen LogP contribution >= 0.6 is 0 Å². The van der Waals surface area contributed by atoms with E-state index in [4.69, 9.17) is 4.74 Å². The molecule has 0 aliphatic heterocycles. The van der Waals surface area contributed by atoms with Gasteiger partial charge in [0.25, 0.3) is 5.91 Å². The standard InChI is InChI=1S/C20H23NO3/c1-14(2)11-12-24-19-6-4-5-17(13-19)20(23)21-18-9-7-16(8-10-18)15(3)22/h4-10,13-14H,11-12H2,1-3H3,(H,21,23). The summed E-state index contributed by atoms with van der Waals surface area (Å²) in [5, 5.41) is 2.82. The van der Waals surface area contributed by atoms with Crippen molar-refractivity contribution in [3.63, 3.8) is 0 Å². The highest BCUT2D eigenvalue weighted by Gasteiger charge is 2.08. The fourth-order valence-electron chi connectivity index (χ4n) is 2.13. The molecule has 24 heavy (non-hydrogen) atoms. The number of nitrogens with one attached hydrogen (secondary N) is 1. The van der Waals surface area contributed by atoms with Crippen molar-refractivity contribution in [3.8, 4) is 5.75 Å².